The Hall–Kier alpha value is -2.41. The molecule has 2 aromatic heterocycles. The van der Waals surface area contributed by atoms with Crippen LogP contribution >= 0.6 is 11.8 Å². The van der Waals surface area contributed by atoms with Crippen LogP contribution < -0.4 is 5.32 Å². The number of carbonyl (C=O) groups is 1. The minimum absolute atomic E-state index is 0.0781. The van der Waals surface area contributed by atoms with Gasteiger partial charge in [0.2, 0.25) is 11.1 Å². The van der Waals surface area contributed by atoms with Crippen LogP contribution in [-0.2, 0) is 4.79 Å². The number of carbonyl (C=O) groups excluding carboxylic acids is 1. The molecule has 0 aliphatic heterocycles. The fraction of sp³-hybridized carbons (Fsp3) is 0.333. The lowest BCUT2D eigenvalue weighted by Gasteiger charge is -2.09. The van der Waals surface area contributed by atoms with Crippen molar-refractivity contribution in [3.63, 3.8) is 0 Å². The Morgan fingerprint density at radius 1 is 1.24 bits per heavy atom. The Balaban J connectivity index is 1.64. The maximum Gasteiger partial charge on any atom is 0.253 e. The average molecular weight is 355 g/mol. The number of aromatic nitrogens is 4. The van der Waals surface area contributed by atoms with Crippen LogP contribution in [0.5, 0.6) is 0 Å². The highest BCUT2D eigenvalue weighted by Crippen LogP contribution is 2.20. The predicted molar refractivity (Wildman–Crippen MR) is 100 cm³/mol. The molecule has 1 amide bonds. The van der Waals surface area contributed by atoms with Gasteiger partial charge >= 0.3 is 0 Å². The third-order valence-corrected chi connectivity index (χ3v) is 4.61. The van der Waals surface area contributed by atoms with Crippen LogP contribution in [0, 0.1) is 13.8 Å². The van der Waals surface area contributed by atoms with E-state index in [4.69, 9.17) is 0 Å². The van der Waals surface area contributed by atoms with E-state index in [1.165, 1.54) is 17.3 Å². The largest absolute Gasteiger partial charge is 0.325 e. The monoisotopic (exact) mass is 355 g/mol. The van der Waals surface area contributed by atoms with Gasteiger partial charge in [0, 0.05) is 17.1 Å². The molecule has 0 aliphatic carbocycles. The van der Waals surface area contributed by atoms with E-state index in [0.29, 0.717) is 16.9 Å². The molecule has 1 N–H and O–H groups in total. The molecule has 0 saturated carbocycles. The first-order chi connectivity index (χ1) is 11.9. The molecule has 0 fully saturated rings. The lowest BCUT2D eigenvalue weighted by Crippen LogP contribution is -2.14. The molecule has 2 heterocycles. The highest BCUT2D eigenvalue weighted by Gasteiger charge is 2.11. The summed E-state index contributed by atoms with van der Waals surface area (Å²) >= 11 is 1.30. The van der Waals surface area contributed by atoms with Crippen molar-refractivity contribution in [2.45, 2.75) is 38.8 Å². The smallest absolute Gasteiger partial charge is 0.253 e. The van der Waals surface area contributed by atoms with Crippen LogP contribution in [0.2, 0.25) is 0 Å². The van der Waals surface area contributed by atoms with E-state index >= 15 is 0 Å². The van der Waals surface area contributed by atoms with Gasteiger partial charge in [-0.15, -0.1) is 5.10 Å². The van der Waals surface area contributed by atoms with Crippen molar-refractivity contribution in [3.8, 4) is 0 Å². The maximum absolute atomic E-state index is 12.2. The molecule has 6 nitrogen and oxygen atoms in total. The molecule has 0 unspecified atom stereocenters. The summed E-state index contributed by atoms with van der Waals surface area (Å²) in [4.78, 5) is 20.9. The van der Waals surface area contributed by atoms with Crippen molar-refractivity contribution in [2.24, 2.45) is 0 Å². The number of amides is 1. The Morgan fingerprint density at radius 2 is 2.04 bits per heavy atom. The van der Waals surface area contributed by atoms with Gasteiger partial charge in [-0.25, -0.2) is 9.50 Å². The SMILES string of the molecule is Cc1cc(C)n2nc(SCC(=O)Nc3cccc(C(C)C)c3)nc2n1. The third-order valence-electron chi connectivity index (χ3n) is 3.77. The first-order valence-corrected chi connectivity index (χ1v) is 9.14. The van der Waals surface area contributed by atoms with Gasteiger partial charge in [-0.3, -0.25) is 4.79 Å². The van der Waals surface area contributed by atoms with E-state index in [1.807, 2.05) is 38.1 Å². The molecular weight excluding hydrogens is 334 g/mol. The number of hydrogen-bond donors (Lipinski definition) is 1. The number of nitrogens with zero attached hydrogens (tertiary/aromatic N) is 4. The number of hydrogen-bond acceptors (Lipinski definition) is 5. The van der Waals surface area contributed by atoms with Crippen molar-refractivity contribution in [1.29, 1.82) is 0 Å². The van der Waals surface area contributed by atoms with Gasteiger partial charge in [0.15, 0.2) is 0 Å². The lowest BCUT2D eigenvalue weighted by atomic mass is 10.0. The Kier molecular flexibility index (Phi) is 5.03. The van der Waals surface area contributed by atoms with Crippen LogP contribution in [-0.4, -0.2) is 31.2 Å². The van der Waals surface area contributed by atoms with E-state index in [0.717, 1.165) is 17.1 Å². The second kappa shape index (κ2) is 7.23. The first kappa shape index (κ1) is 17.4. The van der Waals surface area contributed by atoms with Crippen molar-refractivity contribution >= 4 is 29.1 Å². The summed E-state index contributed by atoms with van der Waals surface area (Å²) in [6, 6.07) is 9.87. The van der Waals surface area contributed by atoms with Crippen molar-refractivity contribution < 1.29 is 4.79 Å². The summed E-state index contributed by atoms with van der Waals surface area (Å²) in [5.41, 5.74) is 3.88. The van der Waals surface area contributed by atoms with E-state index in [9.17, 15) is 4.79 Å². The standard InChI is InChI=1S/C18H21N5OS/c1-11(2)14-6-5-7-15(9-14)20-16(24)10-25-18-21-17-19-12(3)8-13(4)23(17)22-18/h5-9,11H,10H2,1-4H3,(H,20,24). The molecule has 130 valence electrons. The highest BCUT2D eigenvalue weighted by molar-refractivity contribution is 7.99. The van der Waals surface area contributed by atoms with Gasteiger partial charge in [0.1, 0.15) is 0 Å². The number of rotatable bonds is 5. The fourth-order valence-corrected chi connectivity index (χ4v) is 3.13. The van der Waals surface area contributed by atoms with Gasteiger partial charge in [-0.05, 0) is 43.5 Å². The van der Waals surface area contributed by atoms with E-state index in [2.05, 4.69) is 40.3 Å². The Bertz CT molecular complexity index is 919. The number of benzene rings is 1. The van der Waals surface area contributed by atoms with Crippen LogP contribution in [0.1, 0.15) is 36.7 Å². The quantitative estimate of drug-likeness (QED) is 0.708. The number of thioether (sulfide) groups is 1. The summed E-state index contributed by atoms with van der Waals surface area (Å²) < 4.78 is 1.69. The average Bonchev–Trinajstić information content (AvgIpc) is 2.96. The molecule has 0 saturated heterocycles. The summed E-state index contributed by atoms with van der Waals surface area (Å²) in [6.45, 7) is 8.14. The zero-order chi connectivity index (χ0) is 18.0. The molecule has 3 aromatic rings. The zero-order valence-corrected chi connectivity index (χ0v) is 15.6. The van der Waals surface area contributed by atoms with Crippen LogP contribution in [0.4, 0.5) is 5.69 Å². The number of aryl methyl sites for hydroxylation is 2. The van der Waals surface area contributed by atoms with Gasteiger partial charge in [-0.2, -0.15) is 4.98 Å². The van der Waals surface area contributed by atoms with Crippen LogP contribution in [0.15, 0.2) is 35.5 Å². The summed E-state index contributed by atoms with van der Waals surface area (Å²) in [7, 11) is 0. The minimum Gasteiger partial charge on any atom is -0.325 e. The Morgan fingerprint density at radius 3 is 2.80 bits per heavy atom. The summed E-state index contributed by atoms with van der Waals surface area (Å²) in [5, 5.41) is 7.87. The Labute approximate surface area is 151 Å². The predicted octanol–water partition coefficient (Wildman–Crippen LogP) is 3.60. The fourth-order valence-electron chi connectivity index (χ4n) is 2.51. The number of nitrogens with one attached hydrogen (secondary N) is 1. The van der Waals surface area contributed by atoms with E-state index < -0.39 is 0 Å². The van der Waals surface area contributed by atoms with Crippen molar-refractivity contribution in [2.75, 3.05) is 11.1 Å². The highest BCUT2D eigenvalue weighted by atomic mass is 32.2. The number of anilines is 1. The van der Waals surface area contributed by atoms with Gasteiger partial charge in [0.25, 0.3) is 5.78 Å². The third kappa shape index (κ3) is 4.17. The molecule has 0 aliphatic rings. The lowest BCUT2D eigenvalue weighted by molar-refractivity contribution is -0.113. The summed E-state index contributed by atoms with van der Waals surface area (Å²) in [6.07, 6.45) is 0. The summed E-state index contributed by atoms with van der Waals surface area (Å²) in [5.74, 6) is 1.16. The molecule has 0 spiro atoms. The molecule has 0 atom stereocenters. The van der Waals surface area contributed by atoms with Crippen molar-refractivity contribution in [3.05, 3.63) is 47.3 Å². The van der Waals surface area contributed by atoms with Gasteiger partial charge in [0.05, 0.1) is 5.75 Å². The maximum atomic E-state index is 12.2. The van der Waals surface area contributed by atoms with Crippen LogP contribution in [0.25, 0.3) is 5.78 Å². The number of fused-ring (bicyclic) bond motifs is 1. The van der Waals surface area contributed by atoms with E-state index in [1.54, 1.807) is 4.52 Å². The zero-order valence-electron chi connectivity index (χ0n) is 14.8. The second-order valence-corrected chi connectivity index (χ2v) is 7.20. The minimum atomic E-state index is -0.0781. The van der Waals surface area contributed by atoms with Gasteiger partial charge < -0.3 is 5.32 Å². The van der Waals surface area contributed by atoms with Crippen molar-refractivity contribution in [1.82, 2.24) is 19.6 Å². The molecule has 0 bridgehead atoms. The normalized spacial score (nSPS) is 11.2. The molecule has 1 aromatic carbocycles. The second-order valence-electron chi connectivity index (χ2n) is 6.26. The van der Waals surface area contributed by atoms with Crippen LogP contribution in [0.3, 0.4) is 0 Å². The topological polar surface area (TPSA) is 72.2 Å². The molecular formula is C18H21N5OS. The van der Waals surface area contributed by atoms with Gasteiger partial charge in [-0.1, -0.05) is 37.7 Å². The molecule has 0 radical (unpaired) electrons. The molecule has 7 heteroatoms. The molecule has 25 heavy (non-hydrogen) atoms. The molecule has 3 rings (SSSR count). The van der Waals surface area contributed by atoms with E-state index in [-0.39, 0.29) is 11.7 Å². The first-order valence-electron chi connectivity index (χ1n) is 8.16.